The van der Waals surface area contributed by atoms with Crippen LogP contribution in [0, 0.1) is 0 Å². The number of ether oxygens (including phenoxy) is 1. The van der Waals surface area contributed by atoms with E-state index in [0.717, 1.165) is 37.7 Å². The molecule has 6 heteroatoms. The average molecular weight is 436 g/mol. The number of halogens is 1. The summed E-state index contributed by atoms with van der Waals surface area (Å²) in [6.07, 6.45) is 0.842. The van der Waals surface area contributed by atoms with Crippen molar-refractivity contribution in [2.24, 2.45) is 0 Å². The van der Waals surface area contributed by atoms with Crippen LogP contribution in [0.3, 0.4) is 0 Å². The molecule has 160 valence electrons. The van der Waals surface area contributed by atoms with Crippen molar-refractivity contribution in [1.29, 1.82) is 0 Å². The van der Waals surface area contributed by atoms with Crippen LogP contribution < -0.4 is 11.1 Å². The Morgan fingerprint density at radius 2 is 1.68 bits per heavy atom. The summed E-state index contributed by atoms with van der Waals surface area (Å²) in [6, 6.07) is 23.3. The average Bonchev–Trinajstić information content (AvgIpc) is 2.81. The van der Waals surface area contributed by atoms with Gasteiger partial charge in [-0.15, -0.1) is 0 Å². The molecule has 3 aromatic rings. The number of nitrogens with two attached hydrogens (primary N) is 1. The van der Waals surface area contributed by atoms with E-state index in [1.54, 1.807) is 12.1 Å². The second kappa shape index (κ2) is 9.96. The first-order valence-electron chi connectivity index (χ1n) is 10.4. The first-order valence-corrected chi connectivity index (χ1v) is 10.8. The third-order valence-corrected chi connectivity index (χ3v) is 5.85. The molecule has 4 rings (SSSR count). The number of morpholine rings is 1. The fourth-order valence-corrected chi connectivity index (χ4v) is 3.98. The molecule has 1 saturated heterocycles. The Hall–Kier alpha value is -2.86. The molecule has 1 unspecified atom stereocenters. The van der Waals surface area contributed by atoms with Crippen molar-refractivity contribution in [1.82, 2.24) is 4.90 Å². The zero-order valence-electron chi connectivity index (χ0n) is 17.3. The maximum absolute atomic E-state index is 12.6. The molecule has 0 bridgehead atoms. The Morgan fingerprint density at radius 3 is 2.35 bits per heavy atom. The van der Waals surface area contributed by atoms with E-state index in [4.69, 9.17) is 22.1 Å². The van der Waals surface area contributed by atoms with Gasteiger partial charge in [-0.2, -0.15) is 0 Å². The van der Waals surface area contributed by atoms with Crippen LogP contribution in [0.25, 0.3) is 0 Å². The van der Waals surface area contributed by atoms with Crippen molar-refractivity contribution < 1.29 is 9.53 Å². The third kappa shape index (κ3) is 5.44. The van der Waals surface area contributed by atoms with Gasteiger partial charge in [0.25, 0.3) is 5.91 Å². The molecule has 1 amide bonds. The normalized spacial score (nSPS) is 15.4. The van der Waals surface area contributed by atoms with Crippen LogP contribution in [-0.2, 0) is 11.2 Å². The number of carbonyl (C=O) groups is 1. The quantitative estimate of drug-likeness (QED) is 0.546. The summed E-state index contributed by atoms with van der Waals surface area (Å²) in [5.74, 6) is -0.174. The Morgan fingerprint density at radius 1 is 1.00 bits per heavy atom. The van der Waals surface area contributed by atoms with Crippen molar-refractivity contribution in [3.8, 4) is 0 Å². The number of hydrogen-bond acceptors (Lipinski definition) is 4. The molecule has 1 aliphatic heterocycles. The van der Waals surface area contributed by atoms with Gasteiger partial charge in [-0.1, -0.05) is 48.0 Å². The van der Waals surface area contributed by atoms with Crippen molar-refractivity contribution >= 4 is 28.9 Å². The lowest BCUT2D eigenvalue weighted by Crippen LogP contribution is -2.39. The van der Waals surface area contributed by atoms with Gasteiger partial charge in [-0.3, -0.25) is 9.69 Å². The molecule has 0 aliphatic carbocycles. The van der Waals surface area contributed by atoms with E-state index in [-0.39, 0.29) is 11.9 Å². The number of nitrogen functional groups attached to an aromatic ring is 1. The van der Waals surface area contributed by atoms with E-state index in [1.807, 2.05) is 48.5 Å². The number of benzene rings is 3. The second-order valence-corrected chi connectivity index (χ2v) is 8.09. The van der Waals surface area contributed by atoms with Crippen LogP contribution in [0.4, 0.5) is 11.4 Å². The smallest absolute Gasteiger partial charge is 0.255 e. The summed E-state index contributed by atoms with van der Waals surface area (Å²) in [7, 11) is 0. The molecule has 0 aromatic heterocycles. The molecule has 1 atom stereocenters. The number of amides is 1. The molecule has 3 aromatic carbocycles. The molecule has 0 spiro atoms. The molecule has 5 nitrogen and oxygen atoms in total. The maximum atomic E-state index is 12.6. The molecular formula is C25H26ClN3O2. The van der Waals surface area contributed by atoms with E-state index in [1.165, 1.54) is 11.1 Å². The van der Waals surface area contributed by atoms with E-state index in [0.29, 0.717) is 16.9 Å². The molecule has 1 aliphatic rings. The lowest BCUT2D eigenvalue weighted by molar-refractivity contribution is 0.0161. The van der Waals surface area contributed by atoms with Gasteiger partial charge in [0.1, 0.15) is 0 Å². The van der Waals surface area contributed by atoms with Crippen molar-refractivity contribution in [3.05, 3.63) is 94.5 Å². The highest BCUT2D eigenvalue weighted by Gasteiger charge is 2.23. The lowest BCUT2D eigenvalue weighted by Gasteiger charge is -2.35. The molecule has 3 N–H and O–H groups in total. The van der Waals surface area contributed by atoms with E-state index in [9.17, 15) is 4.79 Å². The minimum Gasteiger partial charge on any atom is -0.397 e. The summed E-state index contributed by atoms with van der Waals surface area (Å²) in [5, 5.41) is 3.61. The zero-order valence-corrected chi connectivity index (χ0v) is 18.0. The van der Waals surface area contributed by atoms with Gasteiger partial charge in [0.2, 0.25) is 0 Å². The number of hydrogen-bond donors (Lipinski definition) is 2. The Labute approximate surface area is 187 Å². The second-order valence-electron chi connectivity index (χ2n) is 7.66. The Bertz CT molecular complexity index is 1020. The predicted octanol–water partition coefficient (Wildman–Crippen LogP) is 4.79. The minimum atomic E-state index is -0.174. The Kier molecular flexibility index (Phi) is 6.87. The first-order chi connectivity index (χ1) is 15.1. The van der Waals surface area contributed by atoms with Gasteiger partial charge >= 0.3 is 0 Å². The van der Waals surface area contributed by atoms with Crippen LogP contribution in [0.15, 0.2) is 72.8 Å². The third-order valence-electron chi connectivity index (χ3n) is 5.60. The maximum Gasteiger partial charge on any atom is 0.255 e. The van der Waals surface area contributed by atoms with Crippen LogP contribution in [-0.4, -0.2) is 37.1 Å². The summed E-state index contributed by atoms with van der Waals surface area (Å²) in [5.41, 5.74) is 10.1. The lowest BCUT2D eigenvalue weighted by atomic mass is 9.96. The van der Waals surface area contributed by atoms with Crippen molar-refractivity contribution in [2.45, 2.75) is 12.5 Å². The monoisotopic (exact) mass is 435 g/mol. The number of para-hydroxylation sites is 2. The van der Waals surface area contributed by atoms with Gasteiger partial charge in [0.15, 0.2) is 0 Å². The fourth-order valence-electron chi connectivity index (χ4n) is 3.85. The van der Waals surface area contributed by atoms with Crippen LogP contribution >= 0.6 is 11.6 Å². The predicted molar refractivity (Wildman–Crippen MR) is 126 cm³/mol. The van der Waals surface area contributed by atoms with Gasteiger partial charge < -0.3 is 15.8 Å². The summed E-state index contributed by atoms with van der Waals surface area (Å²) < 4.78 is 5.54. The van der Waals surface area contributed by atoms with Crippen LogP contribution in [0.5, 0.6) is 0 Å². The highest BCUT2D eigenvalue weighted by Crippen LogP contribution is 2.27. The van der Waals surface area contributed by atoms with Gasteiger partial charge in [0.05, 0.1) is 24.6 Å². The molecule has 0 radical (unpaired) electrons. The van der Waals surface area contributed by atoms with Crippen molar-refractivity contribution in [2.75, 3.05) is 37.4 Å². The Balaban J connectivity index is 1.49. The SMILES string of the molecule is Nc1ccccc1NC(=O)c1ccc(CC(c2ccc(Cl)cc2)N2CCOCC2)cc1. The van der Waals surface area contributed by atoms with E-state index in [2.05, 4.69) is 22.3 Å². The highest BCUT2D eigenvalue weighted by molar-refractivity contribution is 6.30. The minimum absolute atomic E-state index is 0.174. The summed E-state index contributed by atoms with van der Waals surface area (Å²) in [4.78, 5) is 15.0. The number of carbonyl (C=O) groups excluding carboxylic acids is 1. The van der Waals surface area contributed by atoms with E-state index >= 15 is 0 Å². The molecule has 1 heterocycles. The number of rotatable bonds is 6. The molecule has 31 heavy (non-hydrogen) atoms. The topological polar surface area (TPSA) is 67.6 Å². The van der Waals surface area contributed by atoms with Gasteiger partial charge in [-0.05, 0) is 53.9 Å². The largest absolute Gasteiger partial charge is 0.397 e. The number of nitrogens with one attached hydrogen (secondary N) is 1. The van der Waals surface area contributed by atoms with Crippen molar-refractivity contribution in [3.63, 3.8) is 0 Å². The first kappa shape index (κ1) is 21.4. The standard InChI is InChI=1S/C25H26ClN3O2/c26-21-11-9-19(10-12-21)24(29-13-15-31-16-14-29)17-18-5-7-20(8-6-18)25(30)28-23-4-2-1-3-22(23)27/h1-12,24H,13-17,27H2,(H,28,30). The van der Waals surface area contributed by atoms with E-state index < -0.39 is 0 Å². The van der Waals surface area contributed by atoms with Crippen LogP contribution in [0.1, 0.15) is 27.5 Å². The van der Waals surface area contributed by atoms with Crippen LogP contribution in [0.2, 0.25) is 5.02 Å². The summed E-state index contributed by atoms with van der Waals surface area (Å²) in [6.45, 7) is 3.27. The molecule has 0 saturated carbocycles. The number of nitrogens with zero attached hydrogens (tertiary/aromatic N) is 1. The molecular weight excluding hydrogens is 410 g/mol. The molecule has 1 fully saturated rings. The zero-order chi connectivity index (χ0) is 21.6. The van der Waals surface area contributed by atoms with Gasteiger partial charge in [-0.25, -0.2) is 0 Å². The number of anilines is 2. The summed E-state index contributed by atoms with van der Waals surface area (Å²) >= 11 is 6.10. The highest BCUT2D eigenvalue weighted by atomic mass is 35.5. The fraction of sp³-hybridized carbons (Fsp3) is 0.240. The van der Waals surface area contributed by atoms with Gasteiger partial charge in [0, 0.05) is 29.7 Å².